The monoisotopic (exact) mass is 306 g/mol. The van der Waals surface area contributed by atoms with Crippen LogP contribution in [0.2, 0.25) is 0 Å². The van der Waals surface area contributed by atoms with E-state index in [1.807, 2.05) is 6.92 Å². The first kappa shape index (κ1) is 16.1. The Balaban J connectivity index is 3.04. The Morgan fingerprint density at radius 3 is 1.95 bits per heavy atom. The highest BCUT2D eigenvalue weighted by atomic mass is 32.2. The number of benzene rings is 1. The molecule has 1 rings (SSSR count). The van der Waals surface area contributed by atoms with Crippen molar-refractivity contribution >= 4 is 19.9 Å². The van der Waals surface area contributed by atoms with Gasteiger partial charge in [0.15, 0.2) is 9.84 Å². The molecule has 1 aromatic carbocycles. The molecule has 0 aliphatic rings. The SMILES string of the molecule is CCC(CN)NS(=O)(=O)c1ccc(S(C)(=O)=O)cc1. The summed E-state index contributed by atoms with van der Waals surface area (Å²) in [4.78, 5) is 0.101. The minimum absolute atomic E-state index is 0.0202. The molecule has 0 aromatic heterocycles. The largest absolute Gasteiger partial charge is 0.329 e. The van der Waals surface area contributed by atoms with Gasteiger partial charge in [-0.1, -0.05) is 6.92 Å². The van der Waals surface area contributed by atoms with E-state index in [1.54, 1.807) is 0 Å². The zero-order chi connectivity index (χ0) is 14.7. The van der Waals surface area contributed by atoms with E-state index in [0.717, 1.165) is 6.26 Å². The molecule has 1 atom stereocenters. The van der Waals surface area contributed by atoms with Crippen LogP contribution in [-0.2, 0) is 19.9 Å². The number of hydrogen-bond acceptors (Lipinski definition) is 5. The van der Waals surface area contributed by atoms with Crippen molar-refractivity contribution in [3.05, 3.63) is 24.3 Å². The quantitative estimate of drug-likeness (QED) is 0.775. The molecule has 1 aromatic rings. The van der Waals surface area contributed by atoms with E-state index in [1.165, 1.54) is 24.3 Å². The fraction of sp³-hybridized carbons (Fsp3) is 0.455. The molecule has 0 heterocycles. The third kappa shape index (κ3) is 4.27. The minimum Gasteiger partial charge on any atom is -0.329 e. The first-order chi connectivity index (χ1) is 8.70. The molecule has 0 bridgehead atoms. The van der Waals surface area contributed by atoms with Crippen LogP contribution < -0.4 is 10.5 Å². The first-order valence-electron chi connectivity index (χ1n) is 5.73. The average Bonchev–Trinajstić information content (AvgIpc) is 2.35. The Kier molecular flexibility index (Phi) is 5.08. The Labute approximate surface area is 114 Å². The van der Waals surface area contributed by atoms with Crippen molar-refractivity contribution in [2.24, 2.45) is 5.73 Å². The Bertz CT molecular complexity index is 617. The molecule has 0 saturated carbocycles. The van der Waals surface area contributed by atoms with Gasteiger partial charge >= 0.3 is 0 Å². The van der Waals surface area contributed by atoms with Gasteiger partial charge in [0.1, 0.15) is 0 Å². The van der Waals surface area contributed by atoms with E-state index >= 15 is 0 Å². The smallest absolute Gasteiger partial charge is 0.240 e. The van der Waals surface area contributed by atoms with Crippen molar-refractivity contribution < 1.29 is 16.8 Å². The maximum Gasteiger partial charge on any atom is 0.240 e. The van der Waals surface area contributed by atoms with Gasteiger partial charge in [-0.2, -0.15) is 0 Å². The fourth-order valence-electron chi connectivity index (χ4n) is 1.45. The van der Waals surface area contributed by atoms with Gasteiger partial charge in [-0.05, 0) is 30.7 Å². The summed E-state index contributed by atoms with van der Waals surface area (Å²) in [7, 11) is -7.00. The predicted molar refractivity (Wildman–Crippen MR) is 73.0 cm³/mol. The van der Waals surface area contributed by atoms with Crippen molar-refractivity contribution in [1.29, 1.82) is 0 Å². The van der Waals surface area contributed by atoms with Crippen LogP contribution in [0, 0.1) is 0 Å². The normalized spacial score (nSPS) is 14.3. The number of rotatable bonds is 6. The van der Waals surface area contributed by atoms with E-state index < -0.39 is 19.9 Å². The molecule has 8 heteroatoms. The van der Waals surface area contributed by atoms with Crippen LogP contribution in [-0.4, -0.2) is 35.7 Å². The Morgan fingerprint density at radius 2 is 1.58 bits per heavy atom. The van der Waals surface area contributed by atoms with Crippen molar-refractivity contribution in [3.8, 4) is 0 Å². The average molecular weight is 306 g/mol. The van der Waals surface area contributed by atoms with Crippen LogP contribution in [0.4, 0.5) is 0 Å². The molecule has 0 aliphatic heterocycles. The first-order valence-corrected chi connectivity index (χ1v) is 9.10. The summed E-state index contributed by atoms with van der Waals surface area (Å²) in [6, 6.07) is 4.74. The van der Waals surface area contributed by atoms with Crippen molar-refractivity contribution in [2.75, 3.05) is 12.8 Å². The van der Waals surface area contributed by atoms with Gasteiger partial charge in [0.2, 0.25) is 10.0 Å². The predicted octanol–water partition coefficient (Wildman–Crippen LogP) is 0.106. The molecule has 0 radical (unpaired) electrons. The van der Waals surface area contributed by atoms with Gasteiger partial charge in [-0.15, -0.1) is 0 Å². The molecule has 3 N–H and O–H groups in total. The molecule has 19 heavy (non-hydrogen) atoms. The van der Waals surface area contributed by atoms with Crippen LogP contribution in [0.25, 0.3) is 0 Å². The van der Waals surface area contributed by atoms with Gasteiger partial charge in [0, 0.05) is 18.8 Å². The molecular formula is C11H18N2O4S2. The number of sulfonamides is 1. The zero-order valence-corrected chi connectivity index (χ0v) is 12.5. The Morgan fingerprint density at radius 1 is 1.11 bits per heavy atom. The topological polar surface area (TPSA) is 106 Å². The number of nitrogens with one attached hydrogen (secondary N) is 1. The Hall–Kier alpha value is -0.960. The molecule has 0 saturated heterocycles. The van der Waals surface area contributed by atoms with Gasteiger partial charge in [0.25, 0.3) is 0 Å². The van der Waals surface area contributed by atoms with E-state index in [9.17, 15) is 16.8 Å². The standard InChI is InChI=1S/C11H18N2O4S2/c1-3-9(8-12)13-19(16,17)11-6-4-10(5-7-11)18(2,14)15/h4-7,9,13H,3,8,12H2,1-2H3. The number of hydrogen-bond donors (Lipinski definition) is 2. The lowest BCUT2D eigenvalue weighted by Gasteiger charge is -2.14. The summed E-state index contributed by atoms with van der Waals surface area (Å²) in [6.07, 6.45) is 1.65. The molecule has 0 amide bonds. The fourth-order valence-corrected chi connectivity index (χ4v) is 3.41. The number of nitrogens with two attached hydrogens (primary N) is 1. The molecule has 0 aliphatic carbocycles. The molecule has 6 nitrogen and oxygen atoms in total. The van der Waals surface area contributed by atoms with Crippen molar-refractivity contribution in [2.45, 2.75) is 29.2 Å². The summed E-state index contributed by atoms with van der Waals surface area (Å²) in [5, 5.41) is 0. The second-order valence-electron chi connectivity index (χ2n) is 4.21. The van der Waals surface area contributed by atoms with Crippen LogP contribution in [0.5, 0.6) is 0 Å². The lowest BCUT2D eigenvalue weighted by atomic mass is 10.2. The summed E-state index contributed by atoms with van der Waals surface area (Å²) >= 11 is 0. The van der Waals surface area contributed by atoms with E-state index in [-0.39, 0.29) is 22.4 Å². The van der Waals surface area contributed by atoms with Crippen molar-refractivity contribution in [1.82, 2.24) is 4.72 Å². The molecule has 1 unspecified atom stereocenters. The highest BCUT2D eigenvalue weighted by Gasteiger charge is 2.18. The molecular weight excluding hydrogens is 288 g/mol. The lowest BCUT2D eigenvalue weighted by Crippen LogP contribution is -2.39. The van der Waals surface area contributed by atoms with Crippen LogP contribution in [0.1, 0.15) is 13.3 Å². The van der Waals surface area contributed by atoms with Crippen LogP contribution >= 0.6 is 0 Å². The van der Waals surface area contributed by atoms with E-state index in [0.29, 0.717) is 6.42 Å². The highest BCUT2D eigenvalue weighted by molar-refractivity contribution is 7.90. The van der Waals surface area contributed by atoms with Crippen LogP contribution in [0.15, 0.2) is 34.1 Å². The third-order valence-corrected chi connectivity index (χ3v) is 5.33. The summed E-state index contributed by atoms with van der Waals surface area (Å²) in [6.45, 7) is 2.03. The summed E-state index contributed by atoms with van der Waals surface area (Å²) < 4.78 is 49.0. The van der Waals surface area contributed by atoms with Gasteiger partial charge < -0.3 is 5.73 Å². The maximum atomic E-state index is 12.0. The van der Waals surface area contributed by atoms with Gasteiger partial charge in [-0.3, -0.25) is 0 Å². The molecule has 0 spiro atoms. The lowest BCUT2D eigenvalue weighted by molar-refractivity contribution is 0.542. The van der Waals surface area contributed by atoms with Gasteiger partial charge in [0.05, 0.1) is 9.79 Å². The molecule has 108 valence electrons. The third-order valence-electron chi connectivity index (χ3n) is 2.66. The molecule has 0 fully saturated rings. The van der Waals surface area contributed by atoms with Crippen molar-refractivity contribution in [3.63, 3.8) is 0 Å². The maximum absolute atomic E-state index is 12.0. The van der Waals surface area contributed by atoms with Crippen LogP contribution in [0.3, 0.4) is 0 Å². The summed E-state index contributed by atoms with van der Waals surface area (Å²) in [5.74, 6) is 0. The van der Waals surface area contributed by atoms with E-state index in [4.69, 9.17) is 5.73 Å². The second-order valence-corrected chi connectivity index (χ2v) is 7.94. The minimum atomic E-state index is -3.67. The van der Waals surface area contributed by atoms with Gasteiger partial charge in [-0.25, -0.2) is 21.6 Å². The number of sulfone groups is 1. The highest BCUT2D eigenvalue weighted by Crippen LogP contribution is 2.14. The summed E-state index contributed by atoms with van der Waals surface area (Å²) in [5.41, 5.74) is 5.44. The second kappa shape index (κ2) is 6.00. The zero-order valence-electron chi connectivity index (χ0n) is 10.8. The van der Waals surface area contributed by atoms with E-state index in [2.05, 4.69) is 4.72 Å².